The van der Waals surface area contributed by atoms with Gasteiger partial charge in [0.15, 0.2) is 5.96 Å². The molecule has 4 rings (SSSR count). The standard InChI is InChI=1S/C22H36N4OS/c1-15-7-10-26(11-8-15)17(18-6-5-13-28-18)14-24-21(23-4)25-19-16-9-12-27-20(16)22(19,2)3/h5-6,13,15-17,19-20H,7-12,14H2,1-4H3,(H2,23,24,25). The first-order valence-electron chi connectivity index (χ1n) is 10.9. The first-order chi connectivity index (χ1) is 13.5. The first kappa shape index (κ1) is 20.2. The van der Waals surface area contributed by atoms with E-state index in [9.17, 15) is 0 Å². The summed E-state index contributed by atoms with van der Waals surface area (Å²) < 4.78 is 5.94. The zero-order valence-corrected chi connectivity index (χ0v) is 18.6. The highest BCUT2D eigenvalue weighted by Gasteiger charge is 2.59. The Morgan fingerprint density at radius 3 is 2.82 bits per heavy atom. The number of nitrogens with zero attached hydrogens (tertiary/aromatic N) is 2. The van der Waals surface area contributed by atoms with E-state index in [-0.39, 0.29) is 5.41 Å². The van der Waals surface area contributed by atoms with Crippen molar-refractivity contribution < 1.29 is 4.74 Å². The molecule has 0 spiro atoms. The van der Waals surface area contributed by atoms with E-state index in [0.717, 1.165) is 31.4 Å². The molecule has 4 unspecified atom stereocenters. The Morgan fingerprint density at radius 2 is 2.14 bits per heavy atom. The van der Waals surface area contributed by atoms with Crippen molar-refractivity contribution in [3.8, 4) is 0 Å². The fourth-order valence-corrected chi connectivity index (χ4v) is 6.24. The maximum Gasteiger partial charge on any atom is 0.191 e. The predicted molar refractivity (Wildman–Crippen MR) is 117 cm³/mol. The number of guanidine groups is 1. The maximum absolute atomic E-state index is 5.94. The molecule has 1 saturated carbocycles. The van der Waals surface area contributed by atoms with Crippen LogP contribution in [0, 0.1) is 17.3 Å². The molecule has 1 aromatic rings. The average molecular weight is 405 g/mol. The fourth-order valence-electron chi connectivity index (χ4n) is 5.38. The van der Waals surface area contributed by atoms with Gasteiger partial charge < -0.3 is 15.4 Å². The second kappa shape index (κ2) is 8.33. The molecule has 5 nitrogen and oxygen atoms in total. The lowest BCUT2D eigenvalue weighted by atomic mass is 9.57. The molecule has 28 heavy (non-hydrogen) atoms. The molecule has 156 valence electrons. The molecule has 0 radical (unpaired) electrons. The highest BCUT2D eigenvalue weighted by atomic mass is 32.1. The lowest BCUT2D eigenvalue weighted by Crippen LogP contribution is -2.68. The number of thiophene rings is 1. The van der Waals surface area contributed by atoms with E-state index in [1.54, 1.807) is 0 Å². The molecule has 1 aliphatic carbocycles. The molecule has 1 aromatic heterocycles. The van der Waals surface area contributed by atoms with Crippen molar-refractivity contribution in [2.45, 2.75) is 58.2 Å². The molecule has 6 heteroatoms. The van der Waals surface area contributed by atoms with Crippen molar-refractivity contribution in [1.29, 1.82) is 0 Å². The van der Waals surface area contributed by atoms with Crippen LogP contribution in [0.1, 0.15) is 51.0 Å². The molecule has 3 fully saturated rings. The molecule has 4 atom stereocenters. The maximum atomic E-state index is 5.94. The number of hydrogen-bond acceptors (Lipinski definition) is 4. The minimum Gasteiger partial charge on any atom is -0.377 e. The Labute approximate surface area is 173 Å². The quantitative estimate of drug-likeness (QED) is 0.583. The molecule has 0 amide bonds. The van der Waals surface area contributed by atoms with Gasteiger partial charge in [-0.2, -0.15) is 0 Å². The third-order valence-corrected chi connectivity index (χ3v) is 8.18. The number of hydrogen-bond donors (Lipinski definition) is 2. The third-order valence-electron chi connectivity index (χ3n) is 7.21. The molecule has 2 aliphatic heterocycles. The minimum atomic E-state index is 0.162. The Balaban J connectivity index is 1.38. The largest absolute Gasteiger partial charge is 0.377 e. The Bertz CT molecular complexity index is 666. The normalized spacial score (nSPS) is 31.9. The molecule has 3 aliphatic rings. The summed E-state index contributed by atoms with van der Waals surface area (Å²) in [5.41, 5.74) is 0.162. The fraction of sp³-hybridized carbons (Fsp3) is 0.773. The monoisotopic (exact) mass is 404 g/mol. The van der Waals surface area contributed by atoms with Gasteiger partial charge in [-0.15, -0.1) is 11.3 Å². The Kier molecular flexibility index (Phi) is 6.00. The predicted octanol–water partition coefficient (Wildman–Crippen LogP) is 3.50. The Morgan fingerprint density at radius 1 is 1.36 bits per heavy atom. The van der Waals surface area contributed by atoms with Gasteiger partial charge >= 0.3 is 0 Å². The van der Waals surface area contributed by atoms with E-state index >= 15 is 0 Å². The summed E-state index contributed by atoms with van der Waals surface area (Å²) in [4.78, 5) is 8.64. The van der Waals surface area contributed by atoms with Gasteiger partial charge in [0.25, 0.3) is 0 Å². The van der Waals surface area contributed by atoms with Crippen LogP contribution in [0.4, 0.5) is 0 Å². The second-order valence-electron chi connectivity index (χ2n) is 9.39. The van der Waals surface area contributed by atoms with Crippen LogP contribution in [-0.2, 0) is 4.74 Å². The van der Waals surface area contributed by atoms with Gasteiger partial charge in [-0.3, -0.25) is 9.89 Å². The first-order valence-corrected chi connectivity index (χ1v) is 11.7. The SMILES string of the molecule is CN=C(NCC(c1cccs1)N1CCC(C)CC1)NC1C2CCOC2C1(C)C. The zero-order valence-electron chi connectivity index (χ0n) is 17.8. The van der Waals surface area contributed by atoms with Gasteiger partial charge in [-0.25, -0.2) is 0 Å². The van der Waals surface area contributed by atoms with Crippen LogP contribution in [0.5, 0.6) is 0 Å². The van der Waals surface area contributed by atoms with Gasteiger partial charge in [-0.1, -0.05) is 26.8 Å². The molecular formula is C22H36N4OS. The number of fused-ring (bicyclic) bond motifs is 1. The summed E-state index contributed by atoms with van der Waals surface area (Å²) >= 11 is 1.87. The van der Waals surface area contributed by atoms with Gasteiger partial charge in [0.2, 0.25) is 0 Å². The van der Waals surface area contributed by atoms with Crippen LogP contribution >= 0.6 is 11.3 Å². The smallest absolute Gasteiger partial charge is 0.191 e. The van der Waals surface area contributed by atoms with Crippen LogP contribution in [0.25, 0.3) is 0 Å². The topological polar surface area (TPSA) is 48.9 Å². The van der Waals surface area contributed by atoms with Crippen molar-refractivity contribution >= 4 is 17.3 Å². The van der Waals surface area contributed by atoms with Crippen LogP contribution < -0.4 is 10.6 Å². The van der Waals surface area contributed by atoms with Crippen molar-refractivity contribution in [3.05, 3.63) is 22.4 Å². The van der Waals surface area contributed by atoms with Gasteiger partial charge in [0.05, 0.1) is 12.1 Å². The number of piperidine rings is 1. The number of aliphatic imine (C=N–C) groups is 1. The van der Waals surface area contributed by atoms with Crippen LogP contribution in [0.3, 0.4) is 0 Å². The Hall–Kier alpha value is -1.11. The van der Waals surface area contributed by atoms with E-state index in [4.69, 9.17) is 4.74 Å². The molecule has 2 saturated heterocycles. The highest BCUT2D eigenvalue weighted by molar-refractivity contribution is 7.10. The average Bonchev–Trinajstić information content (AvgIpc) is 3.36. The summed E-state index contributed by atoms with van der Waals surface area (Å²) in [6.45, 7) is 11.2. The summed E-state index contributed by atoms with van der Waals surface area (Å²) in [6, 6.07) is 5.30. The third kappa shape index (κ3) is 3.83. The van der Waals surface area contributed by atoms with Crippen LogP contribution in [0.2, 0.25) is 0 Å². The van der Waals surface area contributed by atoms with E-state index < -0.39 is 0 Å². The number of likely N-dealkylation sites (tertiary alicyclic amines) is 1. The van der Waals surface area contributed by atoms with Crippen LogP contribution in [-0.4, -0.2) is 56.3 Å². The number of ether oxygens (including phenoxy) is 1. The molecule has 0 aromatic carbocycles. The van der Waals surface area contributed by atoms with Gasteiger partial charge in [-0.05, 0) is 49.7 Å². The van der Waals surface area contributed by atoms with E-state index in [1.807, 2.05) is 18.4 Å². The summed E-state index contributed by atoms with van der Waals surface area (Å²) in [6.07, 6.45) is 4.16. The lowest BCUT2D eigenvalue weighted by Gasteiger charge is -2.55. The molecule has 0 bridgehead atoms. The van der Waals surface area contributed by atoms with Gasteiger partial charge in [0, 0.05) is 42.5 Å². The van der Waals surface area contributed by atoms with Gasteiger partial charge in [0.1, 0.15) is 0 Å². The van der Waals surface area contributed by atoms with E-state index in [0.29, 0.717) is 24.1 Å². The second-order valence-corrected chi connectivity index (χ2v) is 10.4. The number of rotatable bonds is 5. The zero-order chi connectivity index (χ0) is 19.7. The minimum absolute atomic E-state index is 0.162. The van der Waals surface area contributed by atoms with E-state index in [2.05, 4.69) is 58.8 Å². The van der Waals surface area contributed by atoms with E-state index in [1.165, 1.54) is 30.8 Å². The summed E-state index contributed by atoms with van der Waals surface area (Å²) in [5.74, 6) is 2.39. The lowest BCUT2D eigenvalue weighted by molar-refractivity contribution is -0.106. The van der Waals surface area contributed by atoms with Crippen molar-refractivity contribution in [2.24, 2.45) is 22.2 Å². The highest BCUT2D eigenvalue weighted by Crippen LogP contribution is 2.52. The summed E-state index contributed by atoms with van der Waals surface area (Å²) in [7, 11) is 1.88. The van der Waals surface area contributed by atoms with Crippen LogP contribution in [0.15, 0.2) is 22.5 Å². The molecule has 2 N–H and O–H groups in total. The van der Waals surface area contributed by atoms with Crippen molar-refractivity contribution in [3.63, 3.8) is 0 Å². The summed E-state index contributed by atoms with van der Waals surface area (Å²) in [5, 5.41) is 9.56. The molecule has 3 heterocycles. The molecular weight excluding hydrogens is 368 g/mol. The number of nitrogens with one attached hydrogen (secondary N) is 2. The van der Waals surface area contributed by atoms with Crippen molar-refractivity contribution in [1.82, 2.24) is 15.5 Å². The van der Waals surface area contributed by atoms with Crippen molar-refractivity contribution in [2.75, 3.05) is 33.3 Å².